The molecule has 0 aromatic heterocycles. The lowest BCUT2D eigenvalue weighted by atomic mass is 10.0. The number of nitrogens with one attached hydrogen (secondary N) is 1. The summed E-state index contributed by atoms with van der Waals surface area (Å²) >= 11 is 1.64. The zero-order valence-corrected chi connectivity index (χ0v) is 21.1. The van der Waals surface area contributed by atoms with E-state index in [1.54, 1.807) is 26.7 Å². The summed E-state index contributed by atoms with van der Waals surface area (Å²) in [6.45, 7) is 5.56. The van der Waals surface area contributed by atoms with Crippen molar-refractivity contribution in [3.8, 4) is 12.3 Å². The molecule has 34 heavy (non-hydrogen) atoms. The van der Waals surface area contributed by atoms with E-state index in [9.17, 15) is 14.4 Å². The molecule has 2 aliphatic heterocycles. The van der Waals surface area contributed by atoms with Crippen LogP contribution in [-0.2, 0) is 16.1 Å². The summed E-state index contributed by atoms with van der Waals surface area (Å²) in [5.41, 5.74) is 0.972. The minimum Gasteiger partial charge on any atom is -0.337 e. The van der Waals surface area contributed by atoms with Crippen LogP contribution in [0, 0.1) is 18.3 Å². The Morgan fingerprint density at radius 3 is 2.65 bits per heavy atom. The molecule has 1 aromatic rings. The number of urea groups is 1. The lowest BCUT2D eigenvalue weighted by molar-refractivity contribution is -0.189. The zero-order chi connectivity index (χ0) is 24.7. The summed E-state index contributed by atoms with van der Waals surface area (Å²) in [6, 6.07) is 8.74. The van der Waals surface area contributed by atoms with Crippen LogP contribution in [0.3, 0.4) is 0 Å². The van der Waals surface area contributed by atoms with Crippen molar-refractivity contribution in [2.45, 2.75) is 45.4 Å². The van der Waals surface area contributed by atoms with Gasteiger partial charge >= 0.3 is 6.03 Å². The molecule has 9 heteroatoms. The molecule has 0 aliphatic carbocycles. The molecule has 2 heterocycles. The van der Waals surface area contributed by atoms with E-state index in [2.05, 4.69) is 25.1 Å². The van der Waals surface area contributed by atoms with E-state index >= 15 is 0 Å². The van der Waals surface area contributed by atoms with Gasteiger partial charge in [-0.1, -0.05) is 50.1 Å². The lowest BCUT2D eigenvalue weighted by Crippen LogP contribution is -2.76. The van der Waals surface area contributed by atoms with Crippen molar-refractivity contribution in [3.05, 3.63) is 35.9 Å². The van der Waals surface area contributed by atoms with Crippen molar-refractivity contribution in [1.82, 2.24) is 25.1 Å². The van der Waals surface area contributed by atoms with Gasteiger partial charge in [0, 0.05) is 13.1 Å². The number of carbonyl (C=O) groups is 3. The molecule has 1 N–H and O–H groups in total. The monoisotopic (exact) mass is 485 g/mol. The number of piperazine rings is 1. The third-order valence-corrected chi connectivity index (χ3v) is 6.81. The minimum absolute atomic E-state index is 0.0330. The first-order chi connectivity index (χ1) is 16.4. The second kappa shape index (κ2) is 12.1. The number of hydrogen-bond donors (Lipinski definition) is 1. The molecule has 2 fully saturated rings. The maximum absolute atomic E-state index is 13.5. The summed E-state index contributed by atoms with van der Waals surface area (Å²) in [6.07, 6.45) is 8.38. The number of fused-ring (bicyclic) bond motifs is 1. The fraction of sp³-hybridized carbons (Fsp3) is 0.560. The zero-order valence-electron chi connectivity index (χ0n) is 20.3. The van der Waals surface area contributed by atoms with Gasteiger partial charge in [-0.25, -0.2) is 9.80 Å². The maximum atomic E-state index is 13.5. The van der Waals surface area contributed by atoms with Crippen LogP contribution in [0.5, 0.6) is 0 Å². The molecule has 0 saturated carbocycles. The van der Waals surface area contributed by atoms with Gasteiger partial charge in [-0.15, -0.1) is 6.42 Å². The number of benzene rings is 1. The Morgan fingerprint density at radius 1 is 1.26 bits per heavy atom. The third-order valence-electron chi connectivity index (χ3n) is 6.17. The topological polar surface area (TPSA) is 76.2 Å². The molecule has 3 rings (SSSR count). The van der Waals surface area contributed by atoms with Crippen molar-refractivity contribution in [1.29, 1.82) is 0 Å². The number of rotatable bonds is 9. The van der Waals surface area contributed by atoms with Crippen molar-refractivity contribution in [2.24, 2.45) is 5.92 Å². The van der Waals surface area contributed by atoms with Crippen LogP contribution >= 0.6 is 11.8 Å². The van der Waals surface area contributed by atoms with Crippen LogP contribution < -0.4 is 5.32 Å². The quantitative estimate of drug-likeness (QED) is 0.543. The van der Waals surface area contributed by atoms with Crippen molar-refractivity contribution in [3.63, 3.8) is 0 Å². The maximum Gasteiger partial charge on any atom is 0.334 e. The van der Waals surface area contributed by atoms with Gasteiger partial charge < -0.3 is 15.1 Å². The number of carbonyl (C=O) groups excluding carboxylic acids is 3. The van der Waals surface area contributed by atoms with Gasteiger partial charge in [0.05, 0.1) is 19.6 Å². The highest BCUT2D eigenvalue weighted by Crippen LogP contribution is 2.28. The Balaban J connectivity index is 1.89. The van der Waals surface area contributed by atoms with E-state index in [-0.39, 0.29) is 37.5 Å². The van der Waals surface area contributed by atoms with E-state index < -0.39 is 12.2 Å². The predicted octanol–water partition coefficient (Wildman–Crippen LogP) is 2.23. The van der Waals surface area contributed by atoms with Crippen molar-refractivity contribution < 1.29 is 14.4 Å². The first-order valence-electron chi connectivity index (χ1n) is 11.8. The highest BCUT2D eigenvalue weighted by atomic mass is 32.2. The molecule has 2 aliphatic rings. The largest absolute Gasteiger partial charge is 0.337 e. The smallest absolute Gasteiger partial charge is 0.334 e. The molecule has 8 nitrogen and oxygen atoms in total. The number of thioether (sulfide) groups is 1. The van der Waals surface area contributed by atoms with Gasteiger partial charge in [0.1, 0.15) is 12.2 Å². The van der Waals surface area contributed by atoms with E-state index in [0.29, 0.717) is 25.4 Å². The number of terminal acetylenes is 1. The van der Waals surface area contributed by atoms with E-state index in [1.807, 2.05) is 41.5 Å². The molecule has 0 bridgehead atoms. The van der Waals surface area contributed by atoms with Gasteiger partial charge in [-0.05, 0) is 36.3 Å². The first kappa shape index (κ1) is 25.9. The summed E-state index contributed by atoms with van der Waals surface area (Å²) in [7, 11) is 0. The highest BCUT2D eigenvalue weighted by molar-refractivity contribution is 7.98. The molecule has 1 aromatic carbocycles. The van der Waals surface area contributed by atoms with Gasteiger partial charge in [0.25, 0.3) is 0 Å². The molecule has 0 unspecified atom stereocenters. The summed E-state index contributed by atoms with van der Waals surface area (Å²) in [5.74, 6) is 3.55. The van der Waals surface area contributed by atoms with E-state index in [4.69, 9.17) is 6.42 Å². The second-order valence-electron chi connectivity index (χ2n) is 9.06. The molecule has 0 spiro atoms. The molecule has 2 saturated heterocycles. The van der Waals surface area contributed by atoms with Crippen LogP contribution in [0.25, 0.3) is 0 Å². The Kier molecular flexibility index (Phi) is 9.25. The number of nitrogens with zero attached hydrogens (tertiary/aromatic N) is 4. The lowest BCUT2D eigenvalue weighted by Gasteiger charge is -2.55. The molecule has 0 radical (unpaired) electrons. The van der Waals surface area contributed by atoms with Crippen LogP contribution in [0.15, 0.2) is 30.3 Å². The Labute approximate surface area is 207 Å². The molecule has 2 atom stereocenters. The van der Waals surface area contributed by atoms with Crippen molar-refractivity contribution >= 4 is 29.6 Å². The standard InChI is InChI=1S/C25H35N5O3S/c1-5-13-28-18-23(31)29-21(12-15-34-4)24(32)27(14-11-19(2)3)17-22(29)30(28)25(33)26-16-20-9-7-6-8-10-20/h1,6-10,19,21-22H,11-18H2,2-4H3,(H,26,33)/t21-,22-/m0/s1. The third kappa shape index (κ3) is 6.05. The van der Waals surface area contributed by atoms with E-state index in [0.717, 1.165) is 17.7 Å². The number of hydrogen-bond acceptors (Lipinski definition) is 5. The van der Waals surface area contributed by atoms with Crippen LogP contribution in [0.1, 0.15) is 32.3 Å². The van der Waals surface area contributed by atoms with Gasteiger partial charge in [0.2, 0.25) is 11.8 Å². The summed E-state index contributed by atoms with van der Waals surface area (Å²) < 4.78 is 0. The van der Waals surface area contributed by atoms with Gasteiger partial charge in [0.15, 0.2) is 0 Å². The Morgan fingerprint density at radius 2 is 2.00 bits per heavy atom. The van der Waals surface area contributed by atoms with Gasteiger partial charge in [-0.3, -0.25) is 9.59 Å². The predicted molar refractivity (Wildman–Crippen MR) is 134 cm³/mol. The Hall–Kier alpha value is -2.70. The van der Waals surface area contributed by atoms with E-state index in [1.165, 1.54) is 0 Å². The highest BCUT2D eigenvalue weighted by Gasteiger charge is 2.50. The first-order valence-corrected chi connectivity index (χ1v) is 13.1. The van der Waals surface area contributed by atoms with Crippen molar-refractivity contribution in [2.75, 3.05) is 38.2 Å². The van der Waals surface area contributed by atoms with Crippen LogP contribution in [0.4, 0.5) is 4.79 Å². The number of hydrazine groups is 1. The molecule has 4 amide bonds. The second-order valence-corrected chi connectivity index (χ2v) is 10.0. The fourth-order valence-electron chi connectivity index (χ4n) is 4.41. The normalized spacial score (nSPS) is 21.0. The molecular formula is C25H35N5O3S. The molecular weight excluding hydrogens is 450 g/mol. The van der Waals surface area contributed by atoms with Gasteiger partial charge in [-0.2, -0.15) is 16.8 Å². The average molecular weight is 486 g/mol. The average Bonchev–Trinajstić information content (AvgIpc) is 2.82. The fourth-order valence-corrected chi connectivity index (χ4v) is 4.87. The summed E-state index contributed by atoms with van der Waals surface area (Å²) in [4.78, 5) is 43.5. The number of amides is 4. The minimum atomic E-state index is -0.595. The van der Waals surface area contributed by atoms with Crippen LogP contribution in [-0.4, -0.2) is 88.1 Å². The van der Waals surface area contributed by atoms with Crippen LogP contribution in [0.2, 0.25) is 0 Å². The summed E-state index contributed by atoms with van der Waals surface area (Å²) in [5, 5.41) is 6.15. The molecule has 184 valence electrons. The Bertz CT molecular complexity index is 904. The SMILES string of the molecule is C#CCN1CC(=O)N2[C@@H](CCSC)C(=O)N(CCC(C)C)C[C@@H]2N1C(=O)NCc1ccccc1.